The van der Waals surface area contributed by atoms with Crippen molar-refractivity contribution in [2.45, 2.75) is 30.0 Å². The van der Waals surface area contributed by atoms with E-state index in [1.165, 1.54) is 0 Å². The number of para-hydroxylation sites is 1. The highest BCUT2D eigenvalue weighted by Gasteiger charge is 2.38. The van der Waals surface area contributed by atoms with Crippen molar-refractivity contribution in [3.63, 3.8) is 0 Å². The molecule has 0 spiro atoms. The SMILES string of the molecule is CCCCOc1ccc(S(=O)(=O)N2CCS[C@H]2c2ccccc2OC)cc1. The van der Waals surface area contributed by atoms with Gasteiger partial charge in [0.15, 0.2) is 0 Å². The highest BCUT2D eigenvalue weighted by Crippen LogP contribution is 2.44. The van der Waals surface area contributed by atoms with Gasteiger partial charge in [0.05, 0.1) is 24.0 Å². The van der Waals surface area contributed by atoms with Gasteiger partial charge in [0.1, 0.15) is 11.5 Å². The van der Waals surface area contributed by atoms with E-state index >= 15 is 0 Å². The summed E-state index contributed by atoms with van der Waals surface area (Å²) >= 11 is 1.61. The standard InChI is InChI=1S/C20H25NO4S2/c1-3-4-14-25-16-9-11-17(12-10-16)27(22,23)21-13-15-26-20(21)18-7-5-6-8-19(18)24-2/h5-12,20H,3-4,13-15H2,1-2H3/t20-/m0/s1. The van der Waals surface area contributed by atoms with Crippen LogP contribution in [0.2, 0.25) is 0 Å². The average molecular weight is 408 g/mol. The maximum absolute atomic E-state index is 13.2. The van der Waals surface area contributed by atoms with E-state index in [0.29, 0.717) is 24.7 Å². The molecule has 5 nitrogen and oxygen atoms in total. The number of rotatable bonds is 8. The van der Waals surface area contributed by atoms with Gasteiger partial charge in [0.2, 0.25) is 10.0 Å². The second kappa shape index (κ2) is 8.99. The van der Waals surface area contributed by atoms with Crippen LogP contribution in [0.3, 0.4) is 0 Å². The monoisotopic (exact) mass is 407 g/mol. The predicted molar refractivity (Wildman–Crippen MR) is 109 cm³/mol. The molecule has 146 valence electrons. The zero-order valence-electron chi connectivity index (χ0n) is 15.6. The molecule has 1 heterocycles. The number of unbranched alkanes of at least 4 members (excludes halogenated alkanes) is 1. The third-order valence-electron chi connectivity index (χ3n) is 4.45. The van der Waals surface area contributed by atoms with E-state index in [-0.39, 0.29) is 10.3 Å². The Morgan fingerprint density at radius 1 is 1.15 bits per heavy atom. The fourth-order valence-corrected chi connectivity index (χ4v) is 6.25. The molecule has 1 fully saturated rings. The minimum atomic E-state index is -3.60. The molecule has 0 unspecified atom stereocenters. The molecule has 7 heteroatoms. The first-order valence-electron chi connectivity index (χ1n) is 9.07. The second-order valence-corrected chi connectivity index (χ2v) is 9.33. The van der Waals surface area contributed by atoms with Crippen molar-refractivity contribution in [2.24, 2.45) is 0 Å². The first-order valence-corrected chi connectivity index (χ1v) is 11.6. The summed E-state index contributed by atoms with van der Waals surface area (Å²) in [6, 6.07) is 14.3. The van der Waals surface area contributed by atoms with Crippen molar-refractivity contribution in [1.29, 1.82) is 0 Å². The second-order valence-electron chi connectivity index (χ2n) is 6.25. The van der Waals surface area contributed by atoms with Crippen LogP contribution in [-0.2, 0) is 10.0 Å². The van der Waals surface area contributed by atoms with Gasteiger partial charge in [-0.15, -0.1) is 11.8 Å². The number of nitrogens with zero attached hydrogens (tertiary/aromatic N) is 1. The maximum Gasteiger partial charge on any atom is 0.244 e. The molecule has 3 rings (SSSR count). The van der Waals surface area contributed by atoms with Crippen LogP contribution in [-0.4, -0.2) is 38.7 Å². The molecule has 0 N–H and O–H groups in total. The van der Waals surface area contributed by atoms with Crippen molar-refractivity contribution in [3.05, 3.63) is 54.1 Å². The summed E-state index contributed by atoms with van der Waals surface area (Å²) in [5, 5.41) is -0.286. The highest BCUT2D eigenvalue weighted by atomic mass is 32.2. The van der Waals surface area contributed by atoms with Gasteiger partial charge in [-0.2, -0.15) is 4.31 Å². The van der Waals surface area contributed by atoms with Crippen LogP contribution in [0.5, 0.6) is 11.5 Å². The molecule has 1 aliphatic rings. The van der Waals surface area contributed by atoms with Crippen molar-refractivity contribution in [2.75, 3.05) is 26.0 Å². The molecule has 27 heavy (non-hydrogen) atoms. The van der Waals surface area contributed by atoms with Gasteiger partial charge in [-0.05, 0) is 36.8 Å². The molecule has 0 amide bonds. The Balaban J connectivity index is 1.83. The zero-order valence-corrected chi connectivity index (χ0v) is 17.3. The van der Waals surface area contributed by atoms with E-state index in [1.54, 1.807) is 47.4 Å². The highest BCUT2D eigenvalue weighted by molar-refractivity contribution is 8.01. The third-order valence-corrected chi connectivity index (χ3v) is 7.71. The number of sulfonamides is 1. The van der Waals surface area contributed by atoms with Crippen LogP contribution in [0.1, 0.15) is 30.7 Å². The molecule has 1 aliphatic heterocycles. The lowest BCUT2D eigenvalue weighted by Crippen LogP contribution is -2.30. The summed E-state index contributed by atoms with van der Waals surface area (Å²) in [4.78, 5) is 0.285. The number of hydrogen-bond acceptors (Lipinski definition) is 5. The lowest BCUT2D eigenvalue weighted by molar-refractivity contribution is 0.309. The van der Waals surface area contributed by atoms with Crippen molar-refractivity contribution in [1.82, 2.24) is 4.31 Å². The van der Waals surface area contributed by atoms with E-state index < -0.39 is 10.0 Å². The van der Waals surface area contributed by atoms with E-state index in [2.05, 4.69) is 6.92 Å². The van der Waals surface area contributed by atoms with E-state index in [1.807, 2.05) is 24.3 Å². The lowest BCUT2D eigenvalue weighted by atomic mass is 10.2. The van der Waals surface area contributed by atoms with Gasteiger partial charge in [0.25, 0.3) is 0 Å². The Morgan fingerprint density at radius 2 is 1.89 bits per heavy atom. The molecule has 1 atom stereocenters. The summed E-state index contributed by atoms with van der Waals surface area (Å²) in [5.74, 6) is 2.15. The molecule has 0 saturated carbocycles. The Bertz CT molecular complexity index is 853. The normalized spacial score (nSPS) is 17.8. The van der Waals surface area contributed by atoms with Gasteiger partial charge in [-0.3, -0.25) is 0 Å². The number of benzene rings is 2. The van der Waals surface area contributed by atoms with Gasteiger partial charge >= 0.3 is 0 Å². The summed E-state index contributed by atoms with van der Waals surface area (Å²) < 4.78 is 39.1. The van der Waals surface area contributed by atoms with Crippen LogP contribution in [0.15, 0.2) is 53.4 Å². The lowest BCUT2D eigenvalue weighted by Gasteiger charge is -2.25. The molecule has 2 aromatic rings. The number of thioether (sulfide) groups is 1. The zero-order chi connectivity index (χ0) is 19.3. The van der Waals surface area contributed by atoms with Crippen LogP contribution in [0.25, 0.3) is 0 Å². The topological polar surface area (TPSA) is 55.8 Å². The minimum absolute atomic E-state index is 0.285. The first kappa shape index (κ1) is 20.0. The van der Waals surface area contributed by atoms with Crippen LogP contribution in [0.4, 0.5) is 0 Å². The van der Waals surface area contributed by atoms with Crippen LogP contribution >= 0.6 is 11.8 Å². The van der Waals surface area contributed by atoms with E-state index in [9.17, 15) is 8.42 Å². The van der Waals surface area contributed by atoms with Gasteiger partial charge in [0, 0.05) is 17.9 Å². The molecule has 0 bridgehead atoms. The number of ether oxygens (including phenoxy) is 2. The summed E-state index contributed by atoms with van der Waals surface area (Å²) in [5.41, 5.74) is 0.880. The smallest absolute Gasteiger partial charge is 0.244 e. The molecule has 0 aliphatic carbocycles. The van der Waals surface area contributed by atoms with Crippen molar-refractivity contribution in [3.8, 4) is 11.5 Å². The maximum atomic E-state index is 13.2. The summed E-state index contributed by atoms with van der Waals surface area (Å²) in [6.45, 7) is 3.22. The Hall–Kier alpha value is -1.70. The molecular formula is C20H25NO4S2. The Kier molecular flexibility index (Phi) is 6.68. The minimum Gasteiger partial charge on any atom is -0.496 e. The molecule has 2 aromatic carbocycles. The number of methoxy groups -OCH3 is 1. The van der Waals surface area contributed by atoms with Gasteiger partial charge in [-0.25, -0.2) is 8.42 Å². The number of hydrogen-bond donors (Lipinski definition) is 0. The van der Waals surface area contributed by atoms with Crippen molar-refractivity contribution < 1.29 is 17.9 Å². The van der Waals surface area contributed by atoms with Gasteiger partial charge < -0.3 is 9.47 Å². The van der Waals surface area contributed by atoms with Gasteiger partial charge in [-0.1, -0.05) is 31.5 Å². The fourth-order valence-electron chi connectivity index (χ4n) is 2.99. The average Bonchev–Trinajstić information content (AvgIpc) is 3.19. The fraction of sp³-hybridized carbons (Fsp3) is 0.400. The quantitative estimate of drug-likeness (QED) is 0.610. The Morgan fingerprint density at radius 3 is 2.59 bits per heavy atom. The molecular weight excluding hydrogens is 382 g/mol. The molecule has 0 radical (unpaired) electrons. The van der Waals surface area contributed by atoms with Crippen LogP contribution < -0.4 is 9.47 Å². The predicted octanol–water partition coefficient (Wildman–Crippen LogP) is 4.31. The van der Waals surface area contributed by atoms with E-state index in [4.69, 9.17) is 9.47 Å². The van der Waals surface area contributed by atoms with Crippen LogP contribution in [0, 0.1) is 0 Å². The first-order chi connectivity index (χ1) is 13.1. The van der Waals surface area contributed by atoms with E-state index in [0.717, 1.165) is 24.2 Å². The summed E-state index contributed by atoms with van der Waals surface area (Å²) in [6.07, 6.45) is 2.04. The largest absolute Gasteiger partial charge is 0.496 e. The molecule has 1 saturated heterocycles. The summed E-state index contributed by atoms with van der Waals surface area (Å²) in [7, 11) is -2.00. The Labute approximate surface area is 165 Å². The van der Waals surface area contributed by atoms with Crippen molar-refractivity contribution >= 4 is 21.8 Å². The third kappa shape index (κ3) is 4.42. The molecule has 0 aromatic heterocycles.